The molecule has 0 aromatic carbocycles. The van der Waals surface area contributed by atoms with Crippen molar-refractivity contribution in [1.29, 1.82) is 0 Å². The molecule has 1 aromatic rings. The molecule has 1 heterocycles. The number of aromatic amines is 1. The van der Waals surface area contributed by atoms with Crippen LogP contribution in [0.25, 0.3) is 0 Å². The van der Waals surface area contributed by atoms with Crippen LogP contribution in [0.2, 0.25) is 0 Å². The SMILES string of the molecule is CSCCC(NC(=O)C(N)CS)C(=O)NC(Cc1cnc[nH]1)C(=O)NC(CC(=O)O)C(=O)O. The Balaban J connectivity index is 3.04. The molecule has 0 saturated carbocycles. The summed E-state index contributed by atoms with van der Waals surface area (Å²) in [6.07, 6.45) is 3.90. The van der Waals surface area contributed by atoms with Crippen LogP contribution in [0.15, 0.2) is 12.5 Å². The van der Waals surface area contributed by atoms with Crippen LogP contribution in [0.5, 0.6) is 0 Å². The number of hydrogen-bond acceptors (Lipinski definition) is 9. The maximum absolute atomic E-state index is 12.9. The van der Waals surface area contributed by atoms with E-state index in [9.17, 15) is 29.1 Å². The summed E-state index contributed by atoms with van der Waals surface area (Å²) in [7, 11) is 0. The largest absolute Gasteiger partial charge is 0.481 e. The standard InChI is InChI=1S/C18H28N6O7S2/c1-33-3-2-11(22-15(27)10(19)7-32)16(28)23-12(4-9-6-20-8-21-9)17(29)24-13(18(30)31)5-14(25)26/h6,8,10-13,32H,2-5,7,19H2,1H3,(H,20,21)(H,22,27)(H,23,28)(H,24,29)(H,25,26)(H,30,31). The predicted molar refractivity (Wildman–Crippen MR) is 123 cm³/mol. The van der Waals surface area contributed by atoms with Crippen molar-refractivity contribution in [2.75, 3.05) is 17.8 Å². The molecular formula is C18H28N6O7S2. The molecule has 0 spiro atoms. The Hall–Kier alpha value is -2.78. The lowest BCUT2D eigenvalue weighted by atomic mass is 10.1. The molecule has 0 fully saturated rings. The van der Waals surface area contributed by atoms with Gasteiger partial charge in [0.15, 0.2) is 0 Å². The zero-order chi connectivity index (χ0) is 25.0. The minimum absolute atomic E-state index is 0.0632. The molecule has 15 heteroatoms. The van der Waals surface area contributed by atoms with Crippen LogP contribution in [-0.2, 0) is 30.4 Å². The fraction of sp³-hybridized carbons (Fsp3) is 0.556. The zero-order valence-corrected chi connectivity index (χ0v) is 19.5. The number of nitrogens with one attached hydrogen (secondary N) is 4. The highest BCUT2D eigenvalue weighted by atomic mass is 32.2. The summed E-state index contributed by atoms with van der Waals surface area (Å²) >= 11 is 5.40. The number of aromatic nitrogens is 2. The molecule has 13 nitrogen and oxygen atoms in total. The van der Waals surface area contributed by atoms with Crippen molar-refractivity contribution in [3.05, 3.63) is 18.2 Å². The number of carbonyl (C=O) groups is 5. The molecule has 0 radical (unpaired) electrons. The Labute approximate surface area is 199 Å². The van der Waals surface area contributed by atoms with E-state index in [0.717, 1.165) is 0 Å². The number of carbonyl (C=O) groups excluding carboxylic acids is 3. The summed E-state index contributed by atoms with van der Waals surface area (Å²) in [5, 5.41) is 25.2. The molecule has 8 N–H and O–H groups in total. The first-order chi connectivity index (χ1) is 15.6. The molecule has 0 aliphatic rings. The normalized spacial score (nSPS) is 14.4. The number of rotatable bonds is 15. The van der Waals surface area contributed by atoms with Crippen LogP contribution in [0.3, 0.4) is 0 Å². The first-order valence-electron chi connectivity index (χ1n) is 9.77. The van der Waals surface area contributed by atoms with Gasteiger partial charge in [-0.15, -0.1) is 0 Å². The Morgan fingerprint density at radius 2 is 1.70 bits per heavy atom. The second-order valence-corrected chi connectivity index (χ2v) is 8.32. The number of imidazole rings is 1. The van der Waals surface area contributed by atoms with E-state index in [1.807, 2.05) is 6.26 Å². The van der Waals surface area contributed by atoms with E-state index in [1.165, 1.54) is 24.3 Å². The molecule has 4 atom stereocenters. The molecule has 3 amide bonds. The fourth-order valence-corrected chi connectivity index (χ4v) is 3.25. The van der Waals surface area contributed by atoms with E-state index in [1.54, 1.807) is 0 Å². The Kier molecular flexibility index (Phi) is 12.3. The van der Waals surface area contributed by atoms with Gasteiger partial charge in [-0.3, -0.25) is 19.2 Å². The lowest BCUT2D eigenvalue weighted by Crippen LogP contribution is -2.58. The van der Waals surface area contributed by atoms with Gasteiger partial charge in [0.25, 0.3) is 0 Å². The maximum Gasteiger partial charge on any atom is 0.326 e. The number of hydrogen-bond donors (Lipinski definition) is 8. The number of H-pyrrole nitrogens is 1. The van der Waals surface area contributed by atoms with Crippen molar-refractivity contribution in [3.8, 4) is 0 Å². The minimum Gasteiger partial charge on any atom is -0.481 e. The van der Waals surface area contributed by atoms with Gasteiger partial charge >= 0.3 is 11.9 Å². The van der Waals surface area contributed by atoms with E-state index < -0.39 is 60.2 Å². The second kappa shape index (κ2) is 14.4. The lowest BCUT2D eigenvalue weighted by Gasteiger charge is -2.24. The van der Waals surface area contributed by atoms with Gasteiger partial charge < -0.3 is 36.9 Å². The Morgan fingerprint density at radius 1 is 1.09 bits per heavy atom. The zero-order valence-electron chi connectivity index (χ0n) is 17.8. The second-order valence-electron chi connectivity index (χ2n) is 6.97. The lowest BCUT2D eigenvalue weighted by molar-refractivity contribution is -0.147. The molecular weight excluding hydrogens is 476 g/mol. The highest BCUT2D eigenvalue weighted by Crippen LogP contribution is 2.06. The van der Waals surface area contributed by atoms with Crippen LogP contribution >= 0.6 is 24.4 Å². The molecule has 0 bridgehead atoms. The third-order valence-electron chi connectivity index (χ3n) is 4.38. The van der Waals surface area contributed by atoms with Crippen molar-refractivity contribution in [2.24, 2.45) is 5.73 Å². The molecule has 0 saturated heterocycles. The quantitative estimate of drug-likeness (QED) is 0.123. The van der Waals surface area contributed by atoms with Crippen LogP contribution < -0.4 is 21.7 Å². The van der Waals surface area contributed by atoms with Gasteiger partial charge in [0.1, 0.15) is 18.1 Å². The first kappa shape index (κ1) is 28.3. The monoisotopic (exact) mass is 504 g/mol. The fourth-order valence-electron chi connectivity index (χ4n) is 2.61. The summed E-state index contributed by atoms with van der Waals surface area (Å²) < 4.78 is 0. The average molecular weight is 505 g/mol. The minimum atomic E-state index is -1.70. The number of carboxylic acid groups (broad SMARTS) is 2. The molecule has 0 aliphatic heterocycles. The third kappa shape index (κ3) is 10.1. The Bertz CT molecular complexity index is 823. The van der Waals surface area contributed by atoms with Gasteiger partial charge in [-0.25, -0.2) is 9.78 Å². The Morgan fingerprint density at radius 3 is 2.21 bits per heavy atom. The van der Waals surface area contributed by atoms with Crippen molar-refractivity contribution in [1.82, 2.24) is 25.9 Å². The molecule has 0 aliphatic carbocycles. The number of aliphatic carboxylic acids is 2. The predicted octanol–water partition coefficient (Wildman–Crippen LogP) is -2.02. The molecule has 33 heavy (non-hydrogen) atoms. The molecule has 184 valence electrons. The number of nitrogens with two attached hydrogens (primary N) is 1. The number of amides is 3. The van der Waals surface area contributed by atoms with Gasteiger partial charge in [0, 0.05) is 24.1 Å². The van der Waals surface area contributed by atoms with Crippen molar-refractivity contribution < 1.29 is 34.2 Å². The number of thiol groups is 1. The van der Waals surface area contributed by atoms with Crippen LogP contribution in [0.4, 0.5) is 0 Å². The van der Waals surface area contributed by atoms with Crippen molar-refractivity contribution in [2.45, 2.75) is 43.4 Å². The van der Waals surface area contributed by atoms with Crippen LogP contribution in [0, 0.1) is 0 Å². The van der Waals surface area contributed by atoms with Gasteiger partial charge in [-0.2, -0.15) is 24.4 Å². The van der Waals surface area contributed by atoms with Crippen molar-refractivity contribution >= 4 is 54.1 Å². The number of nitrogens with zero attached hydrogens (tertiary/aromatic N) is 1. The van der Waals surface area contributed by atoms with Gasteiger partial charge in [0.2, 0.25) is 17.7 Å². The topological polar surface area (TPSA) is 217 Å². The van der Waals surface area contributed by atoms with Gasteiger partial charge in [-0.05, 0) is 18.4 Å². The van der Waals surface area contributed by atoms with E-state index in [2.05, 4.69) is 38.5 Å². The maximum atomic E-state index is 12.9. The summed E-state index contributed by atoms with van der Waals surface area (Å²) in [5.74, 6) is -4.56. The average Bonchev–Trinajstić information content (AvgIpc) is 3.27. The third-order valence-corrected chi connectivity index (χ3v) is 5.42. The summed E-state index contributed by atoms with van der Waals surface area (Å²) in [5.41, 5.74) is 6.11. The number of carboxylic acids is 2. The smallest absolute Gasteiger partial charge is 0.326 e. The van der Waals surface area contributed by atoms with E-state index in [4.69, 9.17) is 10.8 Å². The summed E-state index contributed by atoms with van der Waals surface area (Å²) in [4.78, 5) is 66.7. The van der Waals surface area contributed by atoms with Gasteiger partial charge in [-0.1, -0.05) is 0 Å². The summed E-state index contributed by atoms with van der Waals surface area (Å²) in [6.45, 7) is 0. The van der Waals surface area contributed by atoms with Crippen LogP contribution in [-0.4, -0.2) is 91.8 Å². The molecule has 1 aromatic heterocycles. The van der Waals surface area contributed by atoms with E-state index >= 15 is 0 Å². The molecule has 4 unspecified atom stereocenters. The molecule has 1 rings (SSSR count). The highest BCUT2D eigenvalue weighted by Gasteiger charge is 2.31. The van der Waals surface area contributed by atoms with E-state index in [-0.39, 0.29) is 18.6 Å². The summed E-state index contributed by atoms with van der Waals surface area (Å²) in [6, 6.07) is -4.92. The first-order valence-corrected chi connectivity index (χ1v) is 11.8. The van der Waals surface area contributed by atoms with Gasteiger partial charge in [0.05, 0.1) is 18.8 Å². The number of thioether (sulfide) groups is 1. The van der Waals surface area contributed by atoms with E-state index in [0.29, 0.717) is 11.4 Å². The van der Waals surface area contributed by atoms with Crippen molar-refractivity contribution in [3.63, 3.8) is 0 Å². The van der Waals surface area contributed by atoms with Crippen LogP contribution in [0.1, 0.15) is 18.5 Å². The highest BCUT2D eigenvalue weighted by molar-refractivity contribution is 7.98.